The summed E-state index contributed by atoms with van der Waals surface area (Å²) in [4.78, 5) is 2.51. The van der Waals surface area contributed by atoms with Crippen LogP contribution in [0.15, 0.2) is 0 Å². The van der Waals surface area contributed by atoms with Gasteiger partial charge in [0.1, 0.15) is 0 Å². The third-order valence-electron chi connectivity index (χ3n) is 2.87. The number of hydrogen-bond acceptors (Lipinski definition) is 2. The Balaban J connectivity index is 1.92. The van der Waals surface area contributed by atoms with Crippen LogP contribution in [-0.4, -0.2) is 37.1 Å². The van der Waals surface area contributed by atoms with Crippen molar-refractivity contribution in [3.05, 3.63) is 0 Å². The summed E-state index contributed by atoms with van der Waals surface area (Å²) in [6.45, 7) is 6.83. The second-order valence-electron chi connectivity index (χ2n) is 4.31. The van der Waals surface area contributed by atoms with E-state index < -0.39 is 0 Å². The molecule has 0 aliphatic heterocycles. The van der Waals surface area contributed by atoms with Gasteiger partial charge in [-0.25, -0.2) is 0 Å². The lowest BCUT2D eigenvalue weighted by Crippen LogP contribution is -2.28. The summed E-state index contributed by atoms with van der Waals surface area (Å²) < 4.78 is 0. The van der Waals surface area contributed by atoms with E-state index in [2.05, 4.69) is 31.1 Å². The lowest BCUT2D eigenvalue weighted by Gasteiger charge is -2.17. The first-order valence-corrected chi connectivity index (χ1v) is 5.67. The van der Waals surface area contributed by atoms with Crippen molar-refractivity contribution in [2.45, 2.75) is 51.6 Å². The number of rotatable bonds is 7. The first-order chi connectivity index (χ1) is 6.24. The molecule has 0 aromatic rings. The van der Waals surface area contributed by atoms with E-state index in [9.17, 15) is 0 Å². The van der Waals surface area contributed by atoms with Crippen molar-refractivity contribution in [3.8, 4) is 0 Å². The average Bonchev–Trinajstić information content (AvgIpc) is 2.86. The number of nitrogens with zero attached hydrogens (tertiary/aromatic N) is 1. The standard InChI is InChI=1S/C11H24N2/c1-4-12-10(2)6-5-9-13(3)11-7-8-11/h10-12H,4-9H2,1-3H3. The molecule has 0 aromatic carbocycles. The van der Waals surface area contributed by atoms with Crippen molar-refractivity contribution >= 4 is 0 Å². The van der Waals surface area contributed by atoms with E-state index >= 15 is 0 Å². The van der Waals surface area contributed by atoms with Gasteiger partial charge in [0, 0.05) is 12.1 Å². The van der Waals surface area contributed by atoms with Gasteiger partial charge in [0.15, 0.2) is 0 Å². The normalized spacial score (nSPS) is 19.4. The Morgan fingerprint density at radius 3 is 2.69 bits per heavy atom. The third-order valence-corrected chi connectivity index (χ3v) is 2.87. The average molecular weight is 184 g/mol. The Hall–Kier alpha value is -0.0800. The molecule has 1 N–H and O–H groups in total. The summed E-state index contributed by atoms with van der Waals surface area (Å²) in [7, 11) is 2.26. The molecule has 1 fully saturated rings. The van der Waals surface area contributed by atoms with E-state index in [1.807, 2.05) is 0 Å². The van der Waals surface area contributed by atoms with Gasteiger partial charge in [0.05, 0.1) is 0 Å². The smallest absolute Gasteiger partial charge is 0.00933 e. The molecule has 2 heteroatoms. The lowest BCUT2D eigenvalue weighted by molar-refractivity contribution is 0.309. The van der Waals surface area contributed by atoms with Gasteiger partial charge < -0.3 is 10.2 Å². The molecule has 1 saturated carbocycles. The largest absolute Gasteiger partial charge is 0.315 e. The first-order valence-electron chi connectivity index (χ1n) is 5.67. The van der Waals surface area contributed by atoms with Crippen LogP contribution >= 0.6 is 0 Å². The van der Waals surface area contributed by atoms with Crippen molar-refractivity contribution in [2.24, 2.45) is 0 Å². The maximum Gasteiger partial charge on any atom is 0.00933 e. The highest BCUT2D eigenvalue weighted by Crippen LogP contribution is 2.25. The maximum absolute atomic E-state index is 3.45. The summed E-state index contributed by atoms with van der Waals surface area (Å²) in [6, 6.07) is 1.62. The van der Waals surface area contributed by atoms with Gasteiger partial charge in [0.25, 0.3) is 0 Å². The van der Waals surface area contributed by atoms with Crippen LogP contribution in [0.2, 0.25) is 0 Å². The van der Waals surface area contributed by atoms with E-state index in [0.717, 1.165) is 12.6 Å². The fourth-order valence-electron chi connectivity index (χ4n) is 1.80. The minimum absolute atomic E-state index is 0.692. The van der Waals surface area contributed by atoms with Crippen molar-refractivity contribution < 1.29 is 0 Å². The van der Waals surface area contributed by atoms with Crippen LogP contribution in [0.4, 0.5) is 0 Å². The van der Waals surface area contributed by atoms with Crippen molar-refractivity contribution in [3.63, 3.8) is 0 Å². The van der Waals surface area contributed by atoms with Crippen LogP contribution in [-0.2, 0) is 0 Å². The molecule has 78 valence electrons. The molecule has 13 heavy (non-hydrogen) atoms. The van der Waals surface area contributed by atoms with Crippen molar-refractivity contribution in [1.29, 1.82) is 0 Å². The molecule has 0 spiro atoms. The highest BCUT2D eigenvalue weighted by atomic mass is 15.1. The Morgan fingerprint density at radius 1 is 1.46 bits per heavy atom. The molecular weight excluding hydrogens is 160 g/mol. The van der Waals surface area contributed by atoms with E-state index in [1.165, 1.54) is 32.2 Å². The van der Waals surface area contributed by atoms with E-state index in [1.54, 1.807) is 0 Å². The molecule has 1 unspecified atom stereocenters. The fourth-order valence-corrected chi connectivity index (χ4v) is 1.80. The van der Waals surface area contributed by atoms with Crippen LogP contribution in [0.25, 0.3) is 0 Å². The van der Waals surface area contributed by atoms with Gasteiger partial charge in [0.2, 0.25) is 0 Å². The quantitative estimate of drug-likeness (QED) is 0.649. The summed E-state index contributed by atoms with van der Waals surface area (Å²) in [5, 5.41) is 3.45. The van der Waals surface area contributed by atoms with Gasteiger partial charge in [-0.05, 0) is 52.7 Å². The topological polar surface area (TPSA) is 15.3 Å². The Kier molecular flexibility index (Phi) is 4.74. The summed E-state index contributed by atoms with van der Waals surface area (Å²) in [6.07, 6.45) is 5.50. The molecular formula is C11H24N2. The molecule has 0 heterocycles. The molecule has 0 aromatic heterocycles. The van der Waals surface area contributed by atoms with Crippen LogP contribution < -0.4 is 5.32 Å². The Morgan fingerprint density at radius 2 is 2.15 bits per heavy atom. The van der Waals surface area contributed by atoms with Gasteiger partial charge in [-0.3, -0.25) is 0 Å². The van der Waals surface area contributed by atoms with Gasteiger partial charge in [-0.2, -0.15) is 0 Å². The number of hydrogen-bond donors (Lipinski definition) is 1. The molecule has 1 atom stereocenters. The second kappa shape index (κ2) is 5.61. The lowest BCUT2D eigenvalue weighted by atomic mass is 10.2. The van der Waals surface area contributed by atoms with E-state index in [-0.39, 0.29) is 0 Å². The van der Waals surface area contributed by atoms with Crippen LogP contribution in [0, 0.1) is 0 Å². The first kappa shape index (κ1) is 11.0. The summed E-state index contributed by atoms with van der Waals surface area (Å²) in [5.41, 5.74) is 0. The molecule has 0 bridgehead atoms. The Bertz CT molecular complexity index is 132. The highest BCUT2D eigenvalue weighted by molar-refractivity contribution is 4.82. The van der Waals surface area contributed by atoms with Gasteiger partial charge in [-0.15, -0.1) is 0 Å². The molecule has 1 aliphatic carbocycles. The molecule has 2 nitrogen and oxygen atoms in total. The molecule has 0 radical (unpaired) electrons. The molecule has 1 aliphatic rings. The summed E-state index contributed by atoms with van der Waals surface area (Å²) in [5.74, 6) is 0. The summed E-state index contributed by atoms with van der Waals surface area (Å²) >= 11 is 0. The van der Waals surface area contributed by atoms with Gasteiger partial charge in [-0.1, -0.05) is 6.92 Å². The molecule has 1 rings (SSSR count). The van der Waals surface area contributed by atoms with Crippen LogP contribution in [0.5, 0.6) is 0 Å². The molecule has 0 saturated heterocycles. The minimum Gasteiger partial charge on any atom is -0.315 e. The zero-order valence-electron chi connectivity index (χ0n) is 9.34. The fraction of sp³-hybridized carbons (Fsp3) is 1.00. The predicted molar refractivity (Wildman–Crippen MR) is 58.0 cm³/mol. The second-order valence-corrected chi connectivity index (χ2v) is 4.31. The monoisotopic (exact) mass is 184 g/mol. The SMILES string of the molecule is CCNC(C)CCCN(C)C1CC1. The Labute approximate surface area is 82.7 Å². The van der Waals surface area contributed by atoms with Crippen LogP contribution in [0.1, 0.15) is 39.5 Å². The zero-order chi connectivity index (χ0) is 9.68. The predicted octanol–water partition coefficient (Wildman–Crippen LogP) is 1.86. The van der Waals surface area contributed by atoms with E-state index in [4.69, 9.17) is 0 Å². The minimum atomic E-state index is 0.692. The maximum atomic E-state index is 3.45. The van der Waals surface area contributed by atoms with E-state index in [0.29, 0.717) is 6.04 Å². The number of nitrogens with one attached hydrogen (secondary N) is 1. The van der Waals surface area contributed by atoms with Crippen molar-refractivity contribution in [2.75, 3.05) is 20.1 Å². The third kappa shape index (κ3) is 4.63. The van der Waals surface area contributed by atoms with Crippen LogP contribution in [0.3, 0.4) is 0 Å². The van der Waals surface area contributed by atoms with Gasteiger partial charge >= 0.3 is 0 Å². The van der Waals surface area contributed by atoms with Crippen molar-refractivity contribution in [1.82, 2.24) is 10.2 Å². The zero-order valence-corrected chi connectivity index (χ0v) is 9.34. The molecule has 0 amide bonds. The highest BCUT2D eigenvalue weighted by Gasteiger charge is 2.25.